The number of nitrogens with one attached hydrogen (secondary N) is 2. The van der Waals surface area contributed by atoms with E-state index in [-0.39, 0.29) is 16.9 Å². The summed E-state index contributed by atoms with van der Waals surface area (Å²) in [4.78, 5) is 13.0. The molecule has 0 bridgehead atoms. The summed E-state index contributed by atoms with van der Waals surface area (Å²) in [5.74, 6) is 2.37. The highest BCUT2D eigenvalue weighted by atomic mass is 16.8. The Morgan fingerprint density at radius 3 is 2.37 bits per heavy atom. The van der Waals surface area contributed by atoms with E-state index >= 15 is 0 Å². The molecule has 236 valence electrons. The van der Waals surface area contributed by atoms with Crippen molar-refractivity contribution in [3.8, 4) is 0 Å². The van der Waals surface area contributed by atoms with E-state index in [4.69, 9.17) is 4.74 Å². The van der Waals surface area contributed by atoms with E-state index in [0.29, 0.717) is 54.3 Å². The number of carbonyl (C=O) groups excluding carboxylic acids is 1. The molecule has 0 amide bonds. The van der Waals surface area contributed by atoms with Crippen LogP contribution in [-0.2, 0) is 4.74 Å². The van der Waals surface area contributed by atoms with Gasteiger partial charge >= 0.3 is 5.97 Å². The Hall–Kier alpha value is -2.59. The average Bonchev–Trinajstić information content (AvgIpc) is 3.33. The molecule has 4 rings (SSSR count). The molecule has 43 heavy (non-hydrogen) atoms. The van der Waals surface area contributed by atoms with Crippen LogP contribution < -0.4 is 10.5 Å². The second kappa shape index (κ2) is 14.0. The average molecular weight is 595 g/mol. The van der Waals surface area contributed by atoms with Crippen LogP contribution in [0.4, 0.5) is 11.4 Å². The zero-order valence-corrected chi connectivity index (χ0v) is 26.4. The highest BCUT2D eigenvalue weighted by Gasteiger charge is 2.47. The normalized spacial score (nSPS) is 30.9. The summed E-state index contributed by atoms with van der Waals surface area (Å²) in [5.41, 5.74) is 3.37. The van der Waals surface area contributed by atoms with Crippen LogP contribution in [-0.4, -0.2) is 22.5 Å². The summed E-state index contributed by atoms with van der Waals surface area (Å²) >= 11 is 0. The number of fused-ring (bicyclic) bond motifs is 1. The molecule has 0 heterocycles. The molecule has 8 nitrogen and oxygen atoms in total. The van der Waals surface area contributed by atoms with Crippen molar-refractivity contribution in [1.82, 2.24) is 0 Å². The fraction of sp³-hybridized carbons (Fsp3) is 0.571. The van der Waals surface area contributed by atoms with Gasteiger partial charge in [0.1, 0.15) is 6.10 Å². The second-order valence-corrected chi connectivity index (χ2v) is 13.8. The summed E-state index contributed by atoms with van der Waals surface area (Å²) in [5, 5.41) is 39.0. The summed E-state index contributed by atoms with van der Waals surface area (Å²) in [6.07, 6.45) is 16.9. The number of hydrogen-bond donors (Lipinski definition) is 4. The molecule has 3 saturated carbocycles. The minimum absolute atomic E-state index is 0.0747. The summed E-state index contributed by atoms with van der Waals surface area (Å²) in [6, 6.07) is 3.36. The van der Waals surface area contributed by atoms with Gasteiger partial charge < -0.3 is 15.2 Å². The molecule has 8 atom stereocenters. The van der Waals surface area contributed by atoms with Crippen LogP contribution >= 0.6 is 0 Å². The molecule has 8 heteroatoms. The maximum absolute atomic E-state index is 13.0. The third-order valence-electron chi connectivity index (χ3n) is 10.4. The molecule has 0 spiro atoms. The van der Waals surface area contributed by atoms with Gasteiger partial charge in [-0.05, 0) is 85.5 Å². The first kappa shape index (κ1) is 33.3. The minimum atomic E-state index is -1.30. The third-order valence-corrected chi connectivity index (χ3v) is 10.4. The smallest absolute Gasteiger partial charge is 0.338 e. The van der Waals surface area contributed by atoms with E-state index in [1.807, 2.05) is 0 Å². The standard InChI is InChI=1S/C35H50N2O6/c1-22(2)23(3)9-10-25(5)29-19-33-26(8-7-15-35(33,6)21-29)12-13-27-18-32(14-11-24(27)4)43-34(38)28-16-30(36(39)40)20-31(17-28)37(41)42/h9-10,12-13,16-17,20,22-23,25,29,32-33,36-37,39,41H,4,7-8,11,14-15,18-19,21H2,1-3,5-6H3. The van der Waals surface area contributed by atoms with Gasteiger partial charge in [-0.1, -0.05) is 76.6 Å². The van der Waals surface area contributed by atoms with Gasteiger partial charge in [0.2, 0.25) is 0 Å². The van der Waals surface area contributed by atoms with Crippen molar-refractivity contribution in [2.24, 2.45) is 35.0 Å². The number of carbonyl (C=O) groups is 1. The second-order valence-electron chi connectivity index (χ2n) is 13.8. The quantitative estimate of drug-likeness (QED) is 0.151. The van der Waals surface area contributed by atoms with Gasteiger partial charge in [-0.25, -0.2) is 15.2 Å². The van der Waals surface area contributed by atoms with Crippen molar-refractivity contribution in [3.05, 3.63) is 81.8 Å². The minimum Gasteiger partial charge on any atom is -0.595 e. The lowest BCUT2D eigenvalue weighted by Crippen LogP contribution is -3.00. The Kier molecular flexibility index (Phi) is 10.9. The van der Waals surface area contributed by atoms with Crippen LogP contribution in [0.2, 0.25) is 0 Å². The van der Waals surface area contributed by atoms with Crippen molar-refractivity contribution < 1.29 is 30.4 Å². The molecule has 0 saturated heterocycles. The Morgan fingerprint density at radius 2 is 1.74 bits per heavy atom. The highest BCUT2D eigenvalue weighted by molar-refractivity contribution is 5.91. The summed E-state index contributed by atoms with van der Waals surface area (Å²) in [6.45, 7) is 16.0. The van der Waals surface area contributed by atoms with E-state index in [1.165, 1.54) is 31.3 Å². The fourth-order valence-electron chi connectivity index (χ4n) is 7.18. The lowest BCUT2D eigenvalue weighted by Gasteiger charge is -2.38. The van der Waals surface area contributed by atoms with Crippen molar-refractivity contribution in [1.29, 1.82) is 0 Å². The molecule has 3 aliphatic rings. The van der Waals surface area contributed by atoms with E-state index < -0.39 is 22.5 Å². The largest absolute Gasteiger partial charge is 0.595 e. The van der Waals surface area contributed by atoms with Crippen LogP contribution in [0.15, 0.2) is 65.8 Å². The number of quaternary nitrogens is 2. The SMILES string of the molecule is C=C1CCC(OC(=O)c2cc([NH+]([O-])O)cc([NH+]([O-])O)c2)CC1=CC=C1CCCC2(C)CC(C(C)C=CC(C)C(C)C)CC12. The molecule has 3 aliphatic carbocycles. The van der Waals surface area contributed by atoms with Gasteiger partial charge in [-0.2, -0.15) is 10.5 Å². The van der Waals surface area contributed by atoms with Crippen LogP contribution in [0.5, 0.6) is 0 Å². The van der Waals surface area contributed by atoms with Gasteiger partial charge in [-0.15, -0.1) is 0 Å². The first-order chi connectivity index (χ1) is 20.3. The van der Waals surface area contributed by atoms with E-state index in [2.05, 4.69) is 65.5 Å². The topological polar surface area (TPSA) is 122 Å². The van der Waals surface area contributed by atoms with Crippen LogP contribution in [0, 0.1) is 45.4 Å². The third kappa shape index (κ3) is 8.12. The monoisotopic (exact) mass is 594 g/mol. The van der Waals surface area contributed by atoms with Crippen LogP contribution in [0.3, 0.4) is 0 Å². The molecule has 3 fully saturated rings. The maximum Gasteiger partial charge on any atom is 0.338 e. The molecule has 4 N–H and O–H groups in total. The first-order valence-corrected chi connectivity index (χ1v) is 15.9. The maximum atomic E-state index is 13.0. The molecule has 0 radical (unpaired) electrons. The highest BCUT2D eigenvalue weighted by Crippen LogP contribution is 2.58. The number of allylic oxidation sites excluding steroid dienone is 6. The number of esters is 1. The summed E-state index contributed by atoms with van der Waals surface area (Å²) < 4.78 is 5.76. The Balaban J connectivity index is 1.46. The van der Waals surface area contributed by atoms with Gasteiger partial charge in [0, 0.05) is 18.6 Å². The summed E-state index contributed by atoms with van der Waals surface area (Å²) in [7, 11) is 0. The Labute approximate surface area is 256 Å². The van der Waals surface area contributed by atoms with E-state index in [0.717, 1.165) is 35.8 Å². The molecule has 0 aliphatic heterocycles. The fourth-order valence-corrected chi connectivity index (χ4v) is 7.18. The van der Waals surface area contributed by atoms with Gasteiger partial charge in [0.15, 0.2) is 11.4 Å². The van der Waals surface area contributed by atoms with E-state index in [1.54, 1.807) is 0 Å². The number of rotatable bonds is 9. The number of hydrogen-bond acceptors (Lipinski definition) is 6. The van der Waals surface area contributed by atoms with Crippen molar-refractivity contribution in [3.63, 3.8) is 0 Å². The molecule has 1 aromatic carbocycles. The van der Waals surface area contributed by atoms with Crippen molar-refractivity contribution in [2.75, 3.05) is 0 Å². The van der Waals surface area contributed by atoms with Crippen molar-refractivity contribution in [2.45, 2.75) is 92.1 Å². The predicted molar refractivity (Wildman–Crippen MR) is 167 cm³/mol. The number of benzene rings is 1. The van der Waals surface area contributed by atoms with Gasteiger partial charge in [0.25, 0.3) is 0 Å². The Bertz CT molecular complexity index is 1240. The lowest BCUT2D eigenvalue weighted by atomic mass is 9.67. The molecule has 1 aromatic rings. The first-order valence-electron chi connectivity index (χ1n) is 15.9. The molecule has 0 aromatic heterocycles. The number of ether oxygens (including phenoxy) is 1. The zero-order chi connectivity index (χ0) is 31.5. The van der Waals surface area contributed by atoms with E-state index in [9.17, 15) is 25.6 Å². The molecular formula is C35H50N2O6. The van der Waals surface area contributed by atoms with Crippen LogP contribution in [0.25, 0.3) is 0 Å². The Morgan fingerprint density at radius 1 is 1.07 bits per heavy atom. The molecular weight excluding hydrogens is 544 g/mol. The lowest BCUT2D eigenvalue weighted by molar-refractivity contribution is -0.996. The van der Waals surface area contributed by atoms with Gasteiger partial charge in [-0.3, -0.25) is 0 Å². The zero-order valence-electron chi connectivity index (χ0n) is 26.4. The predicted octanol–water partition coefficient (Wildman–Crippen LogP) is 6.31. The van der Waals surface area contributed by atoms with Gasteiger partial charge in [0.05, 0.1) is 11.6 Å². The molecule has 8 unspecified atom stereocenters. The van der Waals surface area contributed by atoms with Crippen LogP contribution in [0.1, 0.15) is 96.3 Å². The van der Waals surface area contributed by atoms with Crippen molar-refractivity contribution >= 4 is 17.3 Å².